The van der Waals surface area contributed by atoms with Crippen molar-refractivity contribution in [3.05, 3.63) is 53.2 Å². The molecule has 0 fully saturated rings. The fourth-order valence-corrected chi connectivity index (χ4v) is 1.73. The number of esters is 1. The van der Waals surface area contributed by atoms with E-state index in [-0.39, 0.29) is 5.82 Å². The summed E-state index contributed by atoms with van der Waals surface area (Å²) < 4.78 is 23.3. The topological polar surface area (TPSA) is 51.5 Å². The lowest BCUT2D eigenvalue weighted by molar-refractivity contribution is 0.0600. The summed E-state index contributed by atoms with van der Waals surface area (Å²) in [6, 6.07) is 6.41. The van der Waals surface area contributed by atoms with Gasteiger partial charge in [0.25, 0.3) is 0 Å². The third-order valence-corrected chi connectivity index (χ3v) is 2.74. The monoisotopic (exact) mass is 263 g/mol. The first-order valence-corrected chi connectivity index (χ1v) is 5.76. The normalized spacial score (nSPS) is 10.3. The van der Waals surface area contributed by atoms with E-state index in [1.807, 2.05) is 13.0 Å². The Labute approximate surface area is 110 Å². The van der Waals surface area contributed by atoms with Crippen LogP contribution in [0.2, 0.25) is 0 Å². The lowest BCUT2D eigenvalue weighted by Crippen LogP contribution is -2.03. The molecule has 1 heterocycles. The van der Waals surface area contributed by atoms with Crippen LogP contribution >= 0.6 is 0 Å². The van der Waals surface area contributed by atoms with Crippen molar-refractivity contribution < 1.29 is 18.3 Å². The SMILES string of the molecule is COC(=O)c1coc(CNc2c(C)cccc2F)c1. The van der Waals surface area contributed by atoms with Gasteiger partial charge in [-0.05, 0) is 24.6 Å². The van der Waals surface area contributed by atoms with Crippen molar-refractivity contribution in [1.29, 1.82) is 0 Å². The zero-order valence-corrected chi connectivity index (χ0v) is 10.7. The second-order valence-electron chi connectivity index (χ2n) is 4.08. The fourth-order valence-electron chi connectivity index (χ4n) is 1.73. The number of para-hydroxylation sites is 1. The Hall–Kier alpha value is -2.30. The molecule has 19 heavy (non-hydrogen) atoms. The van der Waals surface area contributed by atoms with Gasteiger partial charge in [-0.25, -0.2) is 9.18 Å². The number of hydrogen-bond acceptors (Lipinski definition) is 4. The number of benzene rings is 1. The average Bonchev–Trinajstić information content (AvgIpc) is 2.86. The summed E-state index contributed by atoms with van der Waals surface area (Å²) in [7, 11) is 1.30. The van der Waals surface area contributed by atoms with Crippen molar-refractivity contribution in [2.24, 2.45) is 0 Å². The van der Waals surface area contributed by atoms with Gasteiger partial charge in [-0.3, -0.25) is 0 Å². The van der Waals surface area contributed by atoms with Crippen LogP contribution in [0.1, 0.15) is 21.7 Å². The van der Waals surface area contributed by atoms with E-state index < -0.39 is 5.97 Å². The molecule has 0 aliphatic carbocycles. The summed E-state index contributed by atoms with van der Waals surface area (Å²) in [4.78, 5) is 11.2. The number of carbonyl (C=O) groups excluding carboxylic acids is 1. The van der Waals surface area contributed by atoms with E-state index in [9.17, 15) is 9.18 Å². The molecule has 1 aromatic heterocycles. The number of carbonyl (C=O) groups is 1. The van der Waals surface area contributed by atoms with E-state index in [2.05, 4.69) is 10.1 Å². The molecule has 0 unspecified atom stereocenters. The van der Waals surface area contributed by atoms with Gasteiger partial charge in [0.2, 0.25) is 0 Å². The highest BCUT2D eigenvalue weighted by molar-refractivity contribution is 5.89. The summed E-state index contributed by atoms with van der Waals surface area (Å²) in [5.41, 5.74) is 1.57. The zero-order chi connectivity index (χ0) is 13.8. The highest BCUT2D eigenvalue weighted by Crippen LogP contribution is 2.20. The number of hydrogen-bond donors (Lipinski definition) is 1. The van der Waals surface area contributed by atoms with E-state index in [4.69, 9.17) is 4.42 Å². The molecule has 0 bridgehead atoms. The van der Waals surface area contributed by atoms with Crippen LogP contribution in [0.3, 0.4) is 0 Å². The van der Waals surface area contributed by atoms with Crippen molar-refractivity contribution in [1.82, 2.24) is 0 Å². The summed E-state index contributed by atoms with van der Waals surface area (Å²) >= 11 is 0. The third kappa shape index (κ3) is 2.93. The van der Waals surface area contributed by atoms with Crippen LogP contribution in [-0.4, -0.2) is 13.1 Å². The Bertz CT molecular complexity index is 572. The second kappa shape index (κ2) is 5.56. The Balaban J connectivity index is 2.07. The van der Waals surface area contributed by atoms with Gasteiger partial charge in [0.05, 0.1) is 24.9 Å². The minimum absolute atomic E-state index is 0.290. The number of anilines is 1. The Morgan fingerprint density at radius 2 is 2.26 bits per heavy atom. The van der Waals surface area contributed by atoms with Crippen LogP contribution in [0, 0.1) is 12.7 Å². The molecule has 0 atom stereocenters. The highest BCUT2D eigenvalue weighted by atomic mass is 19.1. The Morgan fingerprint density at radius 1 is 1.47 bits per heavy atom. The van der Waals surface area contributed by atoms with Crippen molar-refractivity contribution in [3.63, 3.8) is 0 Å². The predicted octanol–water partition coefficient (Wildman–Crippen LogP) is 3.13. The van der Waals surface area contributed by atoms with Gasteiger partial charge in [0, 0.05) is 0 Å². The average molecular weight is 263 g/mol. The van der Waals surface area contributed by atoms with Gasteiger partial charge in [0.1, 0.15) is 17.8 Å². The fraction of sp³-hybridized carbons (Fsp3) is 0.214. The number of ether oxygens (including phenoxy) is 1. The van der Waals surface area contributed by atoms with Crippen LogP contribution in [0.4, 0.5) is 10.1 Å². The molecular weight excluding hydrogens is 249 g/mol. The molecule has 0 saturated carbocycles. The molecule has 0 radical (unpaired) electrons. The maximum absolute atomic E-state index is 13.6. The van der Waals surface area contributed by atoms with Crippen molar-refractivity contribution in [2.45, 2.75) is 13.5 Å². The quantitative estimate of drug-likeness (QED) is 0.861. The van der Waals surface area contributed by atoms with E-state index in [0.717, 1.165) is 5.56 Å². The first kappa shape index (κ1) is 13.1. The minimum Gasteiger partial charge on any atom is -0.467 e. The van der Waals surface area contributed by atoms with E-state index >= 15 is 0 Å². The molecule has 1 N–H and O–H groups in total. The number of methoxy groups -OCH3 is 1. The predicted molar refractivity (Wildman–Crippen MR) is 68.5 cm³/mol. The molecule has 0 spiro atoms. The second-order valence-corrected chi connectivity index (χ2v) is 4.08. The smallest absolute Gasteiger partial charge is 0.341 e. The van der Waals surface area contributed by atoms with Crippen LogP contribution in [-0.2, 0) is 11.3 Å². The molecular formula is C14H14FNO3. The molecule has 5 heteroatoms. The molecule has 0 aliphatic heterocycles. The van der Waals surface area contributed by atoms with Gasteiger partial charge in [-0.1, -0.05) is 12.1 Å². The highest BCUT2D eigenvalue weighted by Gasteiger charge is 2.11. The van der Waals surface area contributed by atoms with E-state index in [0.29, 0.717) is 23.6 Å². The van der Waals surface area contributed by atoms with E-state index in [1.165, 1.54) is 19.4 Å². The largest absolute Gasteiger partial charge is 0.467 e. The van der Waals surface area contributed by atoms with Gasteiger partial charge in [-0.15, -0.1) is 0 Å². The van der Waals surface area contributed by atoms with Crippen LogP contribution in [0.15, 0.2) is 34.9 Å². The first-order chi connectivity index (χ1) is 9.11. The maximum Gasteiger partial charge on any atom is 0.341 e. The first-order valence-electron chi connectivity index (χ1n) is 5.76. The van der Waals surface area contributed by atoms with Crippen molar-refractivity contribution in [3.8, 4) is 0 Å². The number of rotatable bonds is 4. The molecule has 4 nitrogen and oxygen atoms in total. The summed E-state index contributed by atoms with van der Waals surface area (Å²) in [6.45, 7) is 2.10. The number of aryl methyl sites for hydroxylation is 1. The van der Waals surface area contributed by atoms with Gasteiger partial charge in [-0.2, -0.15) is 0 Å². The zero-order valence-electron chi connectivity index (χ0n) is 10.7. The molecule has 0 amide bonds. The molecule has 0 aliphatic rings. The van der Waals surface area contributed by atoms with Crippen LogP contribution in [0.5, 0.6) is 0 Å². The van der Waals surface area contributed by atoms with Crippen molar-refractivity contribution in [2.75, 3.05) is 12.4 Å². The van der Waals surface area contributed by atoms with Crippen molar-refractivity contribution >= 4 is 11.7 Å². The summed E-state index contributed by atoms with van der Waals surface area (Å²) in [5, 5.41) is 2.95. The Kier molecular flexibility index (Phi) is 3.85. The molecule has 0 saturated heterocycles. The third-order valence-electron chi connectivity index (χ3n) is 2.74. The number of nitrogens with one attached hydrogen (secondary N) is 1. The maximum atomic E-state index is 13.6. The van der Waals surface area contributed by atoms with Gasteiger partial charge < -0.3 is 14.5 Å². The van der Waals surface area contributed by atoms with Gasteiger partial charge in [0.15, 0.2) is 0 Å². The molecule has 1 aromatic carbocycles. The lowest BCUT2D eigenvalue weighted by Gasteiger charge is -2.08. The molecule has 2 aromatic rings. The standard InChI is InChI=1S/C14H14FNO3/c1-9-4-3-5-12(15)13(9)16-7-11-6-10(8-19-11)14(17)18-2/h3-6,8,16H,7H2,1-2H3. The lowest BCUT2D eigenvalue weighted by atomic mass is 10.2. The summed E-state index contributed by atoms with van der Waals surface area (Å²) in [5.74, 6) is -0.250. The van der Waals surface area contributed by atoms with Crippen LogP contribution < -0.4 is 5.32 Å². The van der Waals surface area contributed by atoms with Crippen LogP contribution in [0.25, 0.3) is 0 Å². The molecule has 2 rings (SSSR count). The van der Waals surface area contributed by atoms with Gasteiger partial charge >= 0.3 is 5.97 Å². The number of halogens is 1. The summed E-state index contributed by atoms with van der Waals surface area (Å²) in [6.07, 6.45) is 1.32. The molecule has 100 valence electrons. The Morgan fingerprint density at radius 3 is 2.95 bits per heavy atom. The number of furan rings is 1. The van der Waals surface area contributed by atoms with E-state index in [1.54, 1.807) is 12.1 Å². The minimum atomic E-state index is -0.461.